The molecule has 14 heavy (non-hydrogen) atoms. The van der Waals surface area contributed by atoms with Crippen molar-refractivity contribution in [2.24, 2.45) is 17.0 Å². The number of rotatable bonds is 5. The number of azide groups is 1. The molecule has 1 rings (SSSR count). The summed E-state index contributed by atoms with van der Waals surface area (Å²) in [5.41, 5.74) is 8.25. The lowest BCUT2D eigenvalue weighted by Gasteiger charge is -2.25. The molecule has 0 spiro atoms. The number of ether oxygens (including phenoxy) is 1. The zero-order valence-electron chi connectivity index (χ0n) is 8.85. The molecule has 0 aromatic rings. The summed E-state index contributed by atoms with van der Waals surface area (Å²) in [4.78, 5) is 2.81. The fourth-order valence-electron chi connectivity index (χ4n) is 1.99. The molecule has 1 fully saturated rings. The minimum Gasteiger partial charge on any atom is -0.381 e. The summed E-state index contributed by atoms with van der Waals surface area (Å²) in [5.74, 6) is 1.22. The van der Waals surface area contributed by atoms with E-state index in [-0.39, 0.29) is 0 Å². The van der Waals surface area contributed by atoms with Gasteiger partial charge in [0.05, 0.1) is 0 Å². The number of hydrogen-bond donors (Lipinski definition) is 0. The second-order valence-electron chi connectivity index (χ2n) is 4.01. The third kappa shape index (κ3) is 3.99. The van der Waals surface area contributed by atoms with Crippen LogP contribution >= 0.6 is 0 Å². The first kappa shape index (κ1) is 11.3. The lowest BCUT2D eigenvalue weighted by Crippen LogP contribution is -2.21. The Labute approximate surface area is 85.3 Å². The second kappa shape index (κ2) is 6.68. The van der Waals surface area contributed by atoms with Crippen LogP contribution in [0.5, 0.6) is 0 Å². The number of hydrogen-bond acceptors (Lipinski definition) is 2. The lowest BCUT2D eigenvalue weighted by atomic mass is 9.89. The summed E-state index contributed by atoms with van der Waals surface area (Å²) in [6.45, 7) is 4.61. The maximum Gasteiger partial charge on any atom is 0.0494 e. The Kier molecular flexibility index (Phi) is 5.42. The molecule has 2 atom stereocenters. The predicted molar refractivity (Wildman–Crippen MR) is 56.0 cm³/mol. The first-order valence-electron chi connectivity index (χ1n) is 5.45. The fraction of sp³-hybridized carbons (Fsp3) is 1.00. The van der Waals surface area contributed by atoms with E-state index in [1.807, 2.05) is 0 Å². The van der Waals surface area contributed by atoms with E-state index in [4.69, 9.17) is 10.3 Å². The summed E-state index contributed by atoms with van der Waals surface area (Å²) >= 11 is 0. The highest BCUT2D eigenvalue weighted by molar-refractivity contribution is 4.70. The lowest BCUT2D eigenvalue weighted by molar-refractivity contribution is 0.0453. The van der Waals surface area contributed by atoms with Gasteiger partial charge in [0, 0.05) is 24.7 Å². The summed E-state index contributed by atoms with van der Waals surface area (Å²) in [5, 5.41) is 3.65. The van der Waals surface area contributed by atoms with Gasteiger partial charge < -0.3 is 4.74 Å². The van der Waals surface area contributed by atoms with Gasteiger partial charge in [-0.15, -0.1) is 0 Å². The molecule has 80 valence electrons. The van der Waals surface area contributed by atoms with Crippen LogP contribution in [0.1, 0.15) is 32.6 Å². The van der Waals surface area contributed by atoms with Crippen molar-refractivity contribution in [3.05, 3.63) is 10.4 Å². The van der Waals surface area contributed by atoms with Gasteiger partial charge in [0.1, 0.15) is 0 Å². The molecule has 0 N–H and O–H groups in total. The van der Waals surface area contributed by atoms with E-state index in [0.29, 0.717) is 18.4 Å². The first-order chi connectivity index (χ1) is 6.86. The zero-order chi connectivity index (χ0) is 10.2. The van der Waals surface area contributed by atoms with Gasteiger partial charge in [-0.2, -0.15) is 0 Å². The van der Waals surface area contributed by atoms with Crippen molar-refractivity contribution in [2.75, 3.05) is 19.8 Å². The standard InChI is InChI=1S/C10H19N3O/c1-2-9(7-12-13-11)6-10-4-3-5-14-8-10/h9-10H,2-8H2,1H3/t9?,10-/m1/s1. The molecule has 0 amide bonds. The number of nitrogens with zero attached hydrogens (tertiary/aromatic N) is 3. The van der Waals surface area contributed by atoms with Crippen LogP contribution in [0.2, 0.25) is 0 Å². The van der Waals surface area contributed by atoms with Crippen molar-refractivity contribution in [1.82, 2.24) is 0 Å². The molecule has 1 heterocycles. The van der Waals surface area contributed by atoms with E-state index >= 15 is 0 Å². The molecular formula is C10H19N3O. The van der Waals surface area contributed by atoms with Crippen LogP contribution in [0, 0.1) is 11.8 Å². The Balaban J connectivity index is 2.26. The molecule has 0 radical (unpaired) electrons. The van der Waals surface area contributed by atoms with Crippen molar-refractivity contribution in [3.8, 4) is 0 Å². The highest BCUT2D eigenvalue weighted by Gasteiger charge is 2.17. The summed E-state index contributed by atoms with van der Waals surface area (Å²) in [7, 11) is 0. The van der Waals surface area contributed by atoms with E-state index in [1.165, 1.54) is 12.8 Å². The summed E-state index contributed by atoms with van der Waals surface area (Å²) in [6.07, 6.45) is 4.69. The highest BCUT2D eigenvalue weighted by Crippen LogP contribution is 2.23. The molecule has 0 aromatic carbocycles. The molecule has 4 heteroatoms. The molecule has 1 aliphatic rings. The van der Waals surface area contributed by atoms with Crippen LogP contribution in [0.4, 0.5) is 0 Å². The minimum atomic E-state index is 0.539. The third-order valence-electron chi connectivity index (χ3n) is 2.90. The average Bonchev–Trinajstić information content (AvgIpc) is 2.25. The Morgan fingerprint density at radius 3 is 3.07 bits per heavy atom. The molecular weight excluding hydrogens is 178 g/mol. The van der Waals surface area contributed by atoms with E-state index in [9.17, 15) is 0 Å². The predicted octanol–water partition coefficient (Wildman–Crippen LogP) is 3.14. The average molecular weight is 197 g/mol. The van der Waals surface area contributed by atoms with Gasteiger partial charge in [0.2, 0.25) is 0 Å². The fourth-order valence-corrected chi connectivity index (χ4v) is 1.99. The van der Waals surface area contributed by atoms with Crippen molar-refractivity contribution < 1.29 is 4.74 Å². The van der Waals surface area contributed by atoms with Crippen LogP contribution in [0.3, 0.4) is 0 Å². The summed E-state index contributed by atoms with van der Waals surface area (Å²) in [6, 6.07) is 0. The first-order valence-corrected chi connectivity index (χ1v) is 5.45. The second-order valence-corrected chi connectivity index (χ2v) is 4.01. The Morgan fingerprint density at radius 1 is 1.64 bits per heavy atom. The molecule has 1 saturated heterocycles. The van der Waals surface area contributed by atoms with Crippen LogP contribution in [-0.4, -0.2) is 19.8 Å². The SMILES string of the molecule is CCC(CN=[N+]=[N-])C[C@H]1CCCOC1. The van der Waals surface area contributed by atoms with E-state index in [1.54, 1.807) is 0 Å². The van der Waals surface area contributed by atoms with Crippen molar-refractivity contribution >= 4 is 0 Å². The molecule has 0 saturated carbocycles. The van der Waals surface area contributed by atoms with E-state index < -0.39 is 0 Å². The smallest absolute Gasteiger partial charge is 0.0494 e. The zero-order valence-corrected chi connectivity index (χ0v) is 8.85. The van der Waals surface area contributed by atoms with Crippen molar-refractivity contribution in [1.29, 1.82) is 0 Å². The van der Waals surface area contributed by atoms with Crippen LogP contribution in [-0.2, 0) is 4.74 Å². The monoisotopic (exact) mass is 197 g/mol. The Bertz CT molecular complexity index is 196. The van der Waals surface area contributed by atoms with E-state index in [0.717, 1.165) is 26.1 Å². The molecule has 1 unspecified atom stereocenters. The largest absolute Gasteiger partial charge is 0.381 e. The van der Waals surface area contributed by atoms with Gasteiger partial charge >= 0.3 is 0 Å². The van der Waals surface area contributed by atoms with Gasteiger partial charge in [-0.1, -0.05) is 18.5 Å². The van der Waals surface area contributed by atoms with Gasteiger partial charge in [-0.05, 0) is 36.6 Å². The van der Waals surface area contributed by atoms with Crippen LogP contribution in [0.25, 0.3) is 10.4 Å². The topological polar surface area (TPSA) is 58.0 Å². The van der Waals surface area contributed by atoms with Crippen LogP contribution < -0.4 is 0 Å². The molecule has 0 aliphatic carbocycles. The molecule has 0 bridgehead atoms. The van der Waals surface area contributed by atoms with Gasteiger partial charge in [-0.25, -0.2) is 0 Å². The maximum atomic E-state index is 8.25. The normalized spacial score (nSPS) is 23.9. The minimum absolute atomic E-state index is 0.539. The third-order valence-corrected chi connectivity index (χ3v) is 2.90. The van der Waals surface area contributed by atoms with E-state index in [2.05, 4.69) is 16.9 Å². The Hall–Kier alpha value is -0.730. The van der Waals surface area contributed by atoms with Crippen LogP contribution in [0.15, 0.2) is 5.11 Å². The summed E-state index contributed by atoms with van der Waals surface area (Å²) < 4.78 is 5.43. The molecule has 0 aromatic heterocycles. The molecule has 4 nitrogen and oxygen atoms in total. The maximum absolute atomic E-state index is 8.25. The molecule has 1 aliphatic heterocycles. The van der Waals surface area contributed by atoms with Gasteiger partial charge in [-0.3, -0.25) is 0 Å². The van der Waals surface area contributed by atoms with Gasteiger partial charge in [0.25, 0.3) is 0 Å². The van der Waals surface area contributed by atoms with Gasteiger partial charge in [0.15, 0.2) is 0 Å². The highest BCUT2D eigenvalue weighted by atomic mass is 16.5. The quantitative estimate of drug-likeness (QED) is 0.379. The van der Waals surface area contributed by atoms with Crippen molar-refractivity contribution in [2.45, 2.75) is 32.6 Å². The van der Waals surface area contributed by atoms with Crippen molar-refractivity contribution in [3.63, 3.8) is 0 Å². The Morgan fingerprint density at radius 2 is 2.50 bits per heavy atom.